The van der Waals surface area contributed by atoms with Crippen LogP contribution in [0.5, 0.6) is 0 Å². The molecular weight excluding hydrogens is 481 g/mol. The van der Waals surface area contributed by atoms with Gasteiger partial charge >= 0.3 is 6.03 Å². The number of rotatable bonds is 6. The molecule has 36 heavy (non-hydrogen) atoms. The van der Waals surface area contributed by atoms with E-state index in [-0.39, 0.29) is 30.4 Å². The van der Waals surface area contributed by atoms with Gasteiger partial charge in [0.05, 0.1) is 18.2 Å². The second kappa shape index (κ2) is 11.1. The molecule has 0 radical (unpaired) electrons. The second-order valence-corrected chi connectivity index (χ2v) is 8.70. The third kappa shape index (κ3) is 6.07. The second-order valence-electron chi connectivity index (χ2n) is 8.70. The first kappa shape index (κ1) is 25.7. The van der Waals surface area contributed by atoms with Gasteiger partial charge in [0.1, 0.15) is 35.8 Å². The molecule has 3 amide bonds. The van der Waals surface area contributed by atoms with Crippen molar-refractivity contribution in [2.45, 2.75) is 30.8 Å². The molecule has 12 heteroatoms. The van der Waals surface area contributed by atoms with E-state index in [0.717, 1.165) is 17.8 Å². The van der Waals surface area contributed by atoms with Crippen LogP contribution in [-0.4, -0.2) is 84.2 Å². The zero-order valence-electron chi connectivity index (χ0n) is 19.2. The number of hydrogen-bond donors (Lipinski definition) is 4. The Hall–Kier alpha value is -3.35. The van der Waals surface area contributed by atoms with Crippen molar-refractivity contribution >= 4 is 23.3 Å². The number of aliphatic hydroxyl groups is 2. The summed E-state index contributed by atoms with van der Waals surface area (Å²) in [6.07, 6.45) is -4.79. The van der Waals surface area contributed by atoms with Gasteiger partial charge in [0.2, 0.25) is 5.91 Å². The number of halogens is 3. The summed E-state index contributed by atoms with van der Waals surface area (Å²) >= 11 is 0. The number of piperazine rings is 1. The van der Waals surface area contributed by atoms with E-state index in [2.05, 4.69) is 10.6 Å². The number of nitrogens with zero attached hydrogens (tertiary/aromatic N) is 2. The Bertz CT molecular complexity index is 1080. The third-order valence-electron chi connectivity index (χ3n) is 6.30. The van der Waals surface area contributed by atoms with E-state index in [1.165, 1.54) is 12.1 Å². The number of carbonyl (C=O) groups is 2. The number of hydrogen-bond acceptors (Lipinski definition) is 6. The fraction of sp³-hybridized carbons (Fsp3) is 0.417. The van der Waals surface area contributed by atoms with Gasteiger partial charge in [-0.25, -0.2) is 18.0 Å². The van der Waals surface area contributed by atoms with Crippen LogP contribution in [0.25, 0.3) is 0 Å². The number of urea groups is 1. The van der Waals surface area contributed by atoms with Gasteiger partial charge < -0.3 is 35.4 Å². The molecule has 0 saturated carbocycles. The van der Waals surface area contributed by atoms with Crippen LogP contribution in [0, 0.1) is 17.5 Å². The van der Waals surface area contributed by atoms with E-state index in [1.54, 1.807) is 17.0 Å². The van der Waals surface area contributed by atoms with Gasteiger partial charge in [-0.3, -0.25) is 4.79 Å². The molecule has 0 bridgehead atoms. The van der Waals surface area contributed by atoms with Gasteiger partial charge in [0, 0.05) is 44.5 Å². The standard InChI is InChI=1S/C24H27F3N4O5/c25-14-1-4-16(5-2-14)30-7-9-31(10-8-30)21(32)12-19-22(33)23(34)20(36-19)13-28-24(35)29-18-6-3-15(26)11-17(18)27/h1-6,11,19-20,22-23,33-34H,7-10,12-13H2,(H2,28,29,35)/t19-,20+,22-,23+/m0/s1. The van der Waals surface area contributed by atoms with Gasteiger partial charge in [-0.05, 0) is 36.4 Å². The molecular formula is C24H27F3N4O5. The maximum atomic E-state index is 13.7. The van der Waals surface area contributed by atoms with Crippen molar-refractivity contribution in [2.75, 3.05) is 42.9 Å². The van der Waals surface area contributed by atoms with Crippen molar-refractivity contribution in [3.63, 3.8) is 0 Å². The summed E-state index contributed by atoms with van der Waals surface area (Å²) in [4.78, 5) is 28.5. The molecule has 2 heterocycles. The smallest absolute Gasteiger partial charge is 0.319 e. The lowest BCUT2D eigenvalue weighted by molar-refractivity contribution is -0.135. The molecule has 0 spiro atoms. The first-order chi connectivity index (χ1) is 17.2. The maximum Gasteiger partial charge on any atom is 0.319 e. The summed E-state index contributed by atoms with van der Waals surface area (Å²) in [7, 11) is 0. The average Bonchev–Trinajstić information content (AvgIpc) is 3.13. The van der Waals surface area contributed by atoms with Gasteiger partial charge in [-0.2, -0.15) is 0 Å². The van der Waals surface area contributed by atoms with Gasteiger partial charge in [-0.15, -0.1) is 0 Å². The molecule has 4 N–H and O–H groups in total. The van der Waals surface area contributed by atoms with Crippen LogP contribution in [0.4, 0.5) is 29.3 Å². The van der Waals surface area contributed by atoms with E-state index in [4.69, 9.17) is 4.74 Å². The minimum Gasteiger partial charge on any atom is -0.388 e. The van der Waals surface area contributed by atoms with Crippen molar-refractivity contribution in [1.82, 2.24) is 10.2 Å². The number of carbonyl (C=O) groups excluding carboxylic acids is 2. The van der Waals surface area contributed by atoms with E-state index < -0.39 is 42.1 Å². The predicted octanol–water partition coefficient (Wildman–Crippen LogP) is 1.45. The van der Waals surface area contributed by atoms with E-state index in [1.807, 2.05) is 4.90 Å². The van der Waals surface area contributed by atoms with Crippen molar-refractivity contribution in [1.29, 1.82) is 0 Å². The quantitative estimate of drug-likeness (QED) is 0.470. The Labute approximate surface area is 205 Å². The van der Waals surface area contributed by atoms with Gasteiger partial charge in [0.15, 0.2) is 0 Å². The predicted molar refractivity (Wildman–Crippen MR) is 124 cm³/mol. The number of ether oxygens (including phenoxy) is 1. The molecule has 2 aromatic carbocycles. The molecule has 4 atom stereocenters. The average molecular weight is 508 g/mol. The first-order valence-corrected chi connectivity index (χ1v) is 11.5. The summed E-state index contributed by atoms with van der Waals surface area (Å²) in [5.41, 5.74) is 0.632. The fourth-order valence-electron chi connectivity index (χ4n) is 4.28. The van der Waals surface area contributed by atoms with Crippen LogP contribution in [0.2, 0.25) is 0 Å². The van der Waals surface area contributed by atoms with Crippen LogP contribution >= 0.6 is 0 Å². The van der Waals surface area contributed by atoms with Crippen LogP contribution in [0.1, 0.15) is 6.42 Å². The van der Waals surface area contributed by atoms with Crippen LogP contribution in [0.3, 0.4) is 0 Å². The van der Waals surface area contributed by atoms with Crippen LogP contribution in [0.15, 0.2) is 42.5 Å². The molecule has 0 unspecified atom stereocenters. The van der Waals surface area contributed by atoms with Crippen LogP contribution < -0.4 is 15.5 Å². The number of anilines is 2. The topological polar surface area (TPSA) is 114 Å². The highest BCUT2D eigenvalue weighted by Crippen LogP contribution is 2.25. The minimum absolute atomic E-state index is 0.155. The molecule has 0 aliphatic carbocycles. The Morgan fingerprint density at radius 2 is 1.56 bits per heavy atom. The Morgan fingerprint density at radius 3 is 2.22 bits per heavy atom. The van der Waals surface area contributed by atoms with E-state index >= 15 is 0 Å². The fourth-order valence-corrected chi connectivity index (χ4v) is 4.28. The number of amides is 3. The van der Waals surface area contributed by atoms with Crippen LogP contribution in [-0.2, 0) is 9.53 Å². The normalized spacial score (nSPS) is 24.0. The molecule has 194 valence electrons. The molecule has 2 saturated heterocycles. The highest BCUT2D eigenvalue weighted by Gasteiger charge is 2.44. The Morgan fingerprint density at radius 1 is 0.917 bits per heavy atom. The van der Waals surface area contributed by atoms with Crippen molar-refractivity contribution in [3.05, 3.63) is 59.9 Å². The highest BCUT2D eigenvalue weighted by molar-refractivity contribution is 5.89. The molecule has 2 aliphatic heterocycles. The van der Waals surface area contributed by atoms with E-state index in [9.17, 15) is 33.0 Å². The van der Waals surface area contributed by atoms with Gasteiger partial charge in [0.25, 0.3) is 0 Å². The molecule has 2 aliphatic rings. The zero-order chi connectivity index (χ0) is 25.8. The summed E-state index contributed by atoms with van der Waals surface area (Å²) < 4.78 is 45.4. The zero-order valence-corrected chi connectivity index (χ0v) is 19.2. The molecule has 2 fully saturated rings. The molecule has 4 rings (SSSR count). The van der Waals surface area contributed by atoms with E-state index in [0.29, 0.717) is 32.2 Å². The maximum absolute atomic E-state index is 13.7. The summed E-state index contributed by atoms with van der Waals surface area (Å²) in [6.45, 7) is 1.78. The lowest BCUT2D eigenvalue weighted by Gasteiger charge is -2.36. The lowest BCUT2D eigenvalue weighted by atomic mass is 10.0. The van der Waals surface area contributed by atoms with Gasteiger partial charge in [-0.1, -0.05) is 0 Å². The number of benzene rings is 2. The van der Waals surface area contributed by atoms with Crippen molar-refractivity contribution < 1.29 is 37.7 Å². The largest absolute Gasteiger partial charge is 0.388 e. The Kier molecular flexibility index (Phi) is 7.97. The Balaban J connectivity index is 1.23. The first-order valence-electron chi connectivity index (χ1n) is 11.5. The number of nitrogens with one attached hydrogen (secondary N) is 2. The monoisotopic (exact) mass is 508 g/mol. The van der Waals surface area contributed by atoms with Crippen molar-refractivity contribution in [2.24, 2.45) is 0 Å². The minimum atomic E-state index is -1.35. The summed E-state index contributed by atoms with van der Waals surface area (Å²) in [5, 5.41) is 25.3. The van der Waals surface area contributed by atoms with Crippen molar-refractivity contribution in [3.8, 4) is 0 Å². The SMILES string of the molecule is O=C(NC[C@H]1O[C@@H](CC(=O)N2CCN(c3ccc(F)cc3)CC2)[C@H](O)[C@@H]1O)Nc1ccc(F)cc1F. The molecule has 2 aromatic rings. The third-order valence-corrected chi connectivity index (χ3v) is 6.30. The summed E-state index contributed by atoms with van der Waals surface area (Å²) in [6, 6.07) is 7.99. The highest BCUT2D eigenvalue weighted by atomic mass is 19.1. The lowest BCUT2D eigenvalue weighted by Crippen LogP contribution is -2.49. The number of aliphatic hydroxyl groups excluding tert-OH is 2. The molecule has 9 nitrogen and oxygen atoms in total. The molecule has 0 aromatic heterocycles. The summed E-state index contributed by atoms with van der Waals surface area (Å²) in [5.74, 6) is -2.30.